The molecule has 2 N–H and O–H groups in total. The van der Waals surface area contributed by atoms with Crippen molar-refractivity contribution in [3.63, 3.8) is 0 Å². The zero-order valence-electron chi connectivity index (χ0n) is 10.9. The summed E-state index contributed by atoms with van der Waals surface area (Å²) in [5.74, 6) is 0.620. The van der Waals surface area contributed by atoms with Crippen molar-refractivity contribution in [3.05, 3.63) is 0 Å². The Hall–Kier alpha value is -0.610. The number of carbonyl (C=O) groups is 1. The fourth-order valence-electron chi connectivity index (χ4n) is 3.39. The van der Waals surface area contributed by atoms with Gasteiger partial charge in [0, 0.05) is 32.2 Å². The third-order valence-electron chi connectivity index (χ3n) is 4.09. The molecule has 2 rings (SSSR count). The molecule has 2 aliphatic heterocycles. The van der Waals surface area contributed by atoms with Crippen molar-refractivity contribution < 1.29 is 9.90 Å². The first-order valence-corrected chi connectivity index (χ1v) is 6.73. The highest BCUT2D eigenvalue weighted by molar-refractivity contribution is 5.70. The summed E-state index contributed by atoms with van der Waals surface area (Å²) in [5, 5.41) is 12.4. The van der Waals surface area contributed by atoms with Gasteiger partial charge in [-0.15, -0.1) is 0 Å². The van der Waals surface area contributed by atoms with Crippen LogP contribution in [0.25, 0.3) is 0 Å². The maximum absolute atomic E-state index is 11.1. The molecule has 17 heavy (non-hydrogen) atoms. The minimum atomic E-state index is -0.652. The molecule has 4 atom stereocenters. The number of likely N-dealkylation sites (tertiary alicyclic amines) is 1. The Bertz CT molecular complexity index is 273. The molecular weight excluding hydrogens is 216 g/mol. The van der Waals surface area contributed by atoms with Gasteiger partial charge in [-0.25, -0.2) is 0 Å². The lowest BCUT2D eigenvalue weighted by Gasteiger charge is -2.42. The van der Waals surface area contributed by atoms with Gasteiger partial charge in [0.05, 0.1) is 5.92 Å². The van der Waals surface area contributed by atoms with Gasteiger partial charge in [-0.05, 0) is 24.7 Å². The van der Waals surface area contributed by atoms with E-state index in [1.165, 1.54) is 6.42 Å². The predicted molar refractivity (Wildman–Crippen MR) is 66.9 cm³/mol. The first-order valence-electron chi connectivity index (χ1n) is 6.73. The summed E-state index contributed by atoms with van der Waals surface area (Å²) >= 11 is 0. The van der Waals surface area contributed by atoms with E-state index in [-0.39, 0.29) is 5.92 Å². The second-order valence-electron chi connectivity index (χ2n) is 5.98. The minimum Gasteiger partial charge on any atom is -0.481 e. The van der Waals surface area contributed by atoms with Crippen molar-refractivity contribution >= 4 is 5.97 Å². The van der Waals surface area contributed by atoms with E-state index in [4.69, 9.17) is 5.11 Å². The fraction of sp³-hybridized carbons (Fsp3) is 0.923. The number of carboxylic acid groups (broad SMARTS) is 1. The normalized spacial score (nSPS) is 40.1. The Kier molecular flexibility index (Phi) is 4.05. The predicted octanol–water partition coefficient (Wildman–Crippen LogP) is 1.03. The van der Waals surface area contributed by atoms with Crippen LogP contribution in [-0.4, -0.2) is 48.2 Å². The molecule has 0 aromatic heterocycles. The van der Waals surface area contributed by atoms with Crippen molar-refractivity contribution in [1.82, 2.24) is 10.2 Å². The molecular formula is C13H24N2O2. The van der Waals surface area contributed by atoms with Crippen LogP contribution in [0.2, 0.25) is 0 Å². The first kappa shape index (κ1) is 12.8. The highest BCUT2D eigenvalue weighted by Crippen LogP contribution is 2.25. The molecule has 2 saturated heterocycles. The van der Waals surface area contributed by atoms with Gasteiger partial charge in [-0.1, -0.05) is 13.8 Å². The molecule has 0 saturated carbocycles. The standard InChI is InChI=1S/C13H24N2O2/c1-9-3-10(2)8-15(7-9)12-4-11(13(16)17)5-14-6-12/h9-12,14H,3-8H2,1-2H3,(H,16,17)/t9-,10+,11-,12+/m1/s1. The fourth-order valence-corrected chi connectivity index (χ4v) is 3.39. The van der Waals surface area contributed by atoms with Crippen LogP contribution in [0.1, 0.15) is 26.7 Å². The highest BCUT2D eigenvalue weighted by Gasteiger charge is 2.33. The van der Waals surface area contributed by atoms with Crippen LogP contribution in [0.5, 0.6) is 0 Å². The lowest BCUT2D eigenvalue weighted by molar-refractivity contribution is -0.143. The van der Waals surface area contributed by atoms with Gasteiger partial charge in [-0.3, -0.25) is 9.69 Å². The quantitative estimate of drug-likeness (QED) is 0.757. The molecule has 0 amide bonds. The summed E-state index contributed by atoms with van der Waals surface area (Å²) in [6.45, 7) is 8.43. The lowest BCUT2D eigenvalue weighted by Crippen LogP contribution is -2.54. The van der Waals surface area contributed by atoms with Crippen LogP contribution in [0, 0.1) is 17.8 Å². The Morgan fingerprint density at radius 3 is 2.41 bits per heavy atom. The Balaban J connectivity index is 1.94. The SMILES string of the molecule is C[C@@H]1C[C@H](C)CN([C@@H]2CNC[C@H](C(=O)O)C2)C1. The third kappa shape index (κ3) is 3.19. The molecule has 0 aromatic carbocycles. The number of piperidine rings is 2. The summed E-state index contributed by atoms with van der Waals surface area (Å²) in [6.07, 6.45) is 2.11. The van der Waals surface area contributed by atoms with Crippen molar-refractivity contribution in [2.45, 2.75) is 32.7 Å². The smallest absolute Gasteiger partial charge is 0.307 e. The van der Waals surface area contributed by atoms with Crippen LogP contribution in [-0.2, 0) is 4.79 Å². The van der Waals surface area contributed by atoms with Gasteiger partial charge in [0.15, 0.2) is 0 Å². The molecule has 0 unspecified atom stereocenters. The average Bonchev–Trinajstić information content (AvgIpc) is 2.28. The van der Waals surface area contributed by atoms with Crippen LogP contribution in [0.3, 0.4) is 0 Å². The van der Waals surface area contributed by atoms with Crippen molar-refractivity contribution in [1.29, 1.82) is 0 Å². The van der Waals surface area contributed by atoms with Crippen molar-refractivity contribution in [2.24, 2.45) is 17.8 Å². The van der Waals surface area contributed by atoms with E-state index in [1.807, 2.05) is 0 Å². The summed E-state index contributed by atoms with van der Waals surface area (Å²) in [5.41, 5.74) is 0. The second kappa shape index (κ2) is 5.36. The third-order valence-corrected chi connectivity index (χ3v) is 4.09. The molecule has 98 valence electrons. The molecule has 2 fully saturated rings. The van der Waals surface area contributed by atoms with Gasteiger partial charge in [0.1, 0.15) is 0 Å². The molecule has 0 spiro atoms. The maximum Gasteiger partial charge on any atom is 0.307 e. The zero-order valence-corrected chi connectivity index (χ0v) is 10.9. The zero-order chi connectivity index (χ0) is 12.4. The molecule has 0 bridgehead atoms. The minimum absolute atomic E-state index is 0.207. The van der Waals surface area contributed by atoms with Gasteiger partial charge >= 0.3 is 5.97 Å². The molecule has 4 heteroatoms. The van der Waals surface area contributed by atoms with Crippen molar-refractivity contribution in [2.75, 3.05) is 26.2 Å². The lowest BCUT2D eigenvalue weighted by atomic mass is 9.88. The number of aliphatic carboxylic acids is 1. The van der Waals surface area contributed by atoms with Crippen molar-refractivity contribution in [3.8, 4) is 0 Å². The number of hydrogen-bond donors (Lipinski definition) is 2. The second-order valence-corrected chi connectivity index (χ2v) is 5.98. The molecule has 2 aliphatic rings. The largest absolute Gasteiger partial charge is 0.481 e. The number of carboxylic acids is 1. The van der Waals surface area contributed by atoms with Crippen LogP contribution >= 0.6 is 0 Å². The molecule has 0 radical (unpaired) electrons. The maximum atomic E-state index is 11.1. The van der Waals surface area contributed by atoms with E-state index in [1.54, 1.807) is 0 Å². The molecule has 4 nitrogen and oxygen atoms in total. The number of nitrogens with one attached hydrogen (secondary N) is 1. The number of rotatable bonds is 2. The summed E-state index contributed by atoms with van der Waals surface area (Å²) in [7, 11) is 0. The summed E-state index contributed by atoms with van der Waals surface area (Å²) in [4.78, 5) is 13.6. The molecule has 0 aromatic rings. The van der Waals surface area contributed by atoms with Gasteiger partial charge in [0.2, 0.25) is 0 Å². The van der Waals surface area contributed by atoms with E-state index in [2.05, 4.69) is 24.1 Å². The molecule has 0 aliphatic carbocycles. The van der Waals surface area contributed by atoms with E-state index in [9.17, 15) is 4.79 Å². The van der Waals surface area contributed by atoms with Gasteiger partial charge < -0.3 is 10.4 Å². The number of hydrogen-bond acceptors (Lipinski definition) is 3. The van der Waals surface area contributed by atoms with E-state index in [0.717, 1.165) is 37.9 Å². The van der Waals surface area contributed by atoms with Crippen LogP contribution in [0.4, 0.5) is 0 Å². The van der Waals surface area contributed by atoms with E-state index >= 15 is 0 Å². The Morgan fingerprint density at radius 2 is 1.82 bits per heavy atom. The molecule has 2 heterocycles. The average molecular weight is 240 g/mol. The van der Waals surface area contributed by atoms with E-state index in [0.29, 0.717) is 12.6 Å². The number of nitrogens with zero attached hydrogens (tertiary/aromatic N) is 1. The first-order chi connectivity index (χ1) is 8.06. The van der Waals surface area contributed by atoms with Gasteiger partial charge in [0.25, 0.3) is 0 Å². The highest BCUT2D eigenvalue weighted by atomic mass is 16.4. The Labute approximate surface area is 103 Å². The monoisotopic (exact) mass is 240 g/mol. The topological polar surface area (TPSA) is 52.6 Å². The van der Waals surface area contributed by atoms with Gasteiger partial charge in [-0.2, -0.15) is 0 Å². The Morgan fingerprint density at radius 1 is 1.18 bits per heavy atom. The summed E-state index contributed by atoms with van der Waals surface area (Å²) in [6, 6.07) is 0.412. The summed E-state index contributed by atoms with van der Waals surface area (Å²) < 4.78 is 0. The van der Waals surface area contributed by atoms with Crippen LogP contribution < -0.4 is 5.32 Å². The van der Waals surface area contributed by atoms with E-state index < -0.39 is 5.97 Å². The van der Waals surface area contributed by atoms with Crippen LogP contribution in [0.15, 0.2) is 0 Å².